The van der Waals surface area contributed by atoms with E-state index in [1.807, 2.05) is 6.07 Å². The van der Waals surface area contributed by atoms with Gasteiger partial charge in [0.15, 0.2) is 0 Å². The van der Waals surface area contributed by atoms with Crippen molar-refractivity contribution in [3.63, 3.8) is 0 Å². The molecular formula is C13H18ClNO2S. The van der Waals surface area contributed by atoms with E-state index in [0.717, 1.165) is 19.3 Å². The van der Waals surface area contributed by atoms with Gasteiger partial charge in [0.25, 0.3) is 0 Å². The van der Waals surface area contributed by atoms with Gasteiger partial charge in [-0.05, 0) is 37.8 Å². The van der Waals surface area contributed by atoms with Crippen molar-refractivity contribution in [2.75, 3.05) is 7.05 Å². The number of carboxylic acids is 1. The van der Waals surface area contributed by atoms with Crippen LogP contribution in [-0.2, 0) is 4.79 Å². The summed E-state index contributed by atoms with van der Waals surface area (Å²) in [6.45, 7) is 0. The molecule has 3 nitrogen and oxygen atoms in total. The number of halogens is 1. The number of fused-ring (bicyclic) bond motifs is 2. The Morgan fingerprint density at radius 2 is 2.28 bits per heavy atom. The maximum absolute atomic E-state index is 11.5. The second-order valence-electron chi connectivity index (χ2n) is 5.19. The lowest BCUT2D eigenvalue weighted by molar-refractivity contribution is -0.145. The number of nitrogens with zero attached hydrogens (tertiary/aromatic N) is 1. The van der Waals surface area contributed by atoms with Crippen LogP contribution in [0.25, 0.3) is 0 Å². The third-order valence-corrected chi connectivity index (χ3v) is 5.43. The second-order valence-corrected chi connectivity index (χ2v) is 6.16. The number of hydrogen-bond acceptors (Lipinski definition) is 3. The van der Waals surface area contributed by atoms with E-state index in [9.17, 15) is 9.90 Å². The van der Waals surface area contributed by atoms with E-state index in [1.165, 1.54) is 4.88 Å². The van der Waals surface area contributed by atoms with Crippen LogP contribution in [0, 0.1) is 5.92 Å². The highest BCUT2D eigenvalue weighted by Crippen LogP contribution is 2.47. The molecule has 2 fully saturated rings. The highest BCUT2D eigenvalue weighted by Gasteiger charge is 2.48. The minimum atomic E-state index is -0.617. The third-order valence-electron chi connectivity index (χ3n) is 4.46. The summed E-state index contributed by atoms with van der Waals surface area (Å²) in [5, 5.41) is 11.5. The van der Waals surface area contributed by atoms with Crippen LogP contribution in [-0.4, -0.2) is 35.1 Å². The smallest absolute Gasteiger partial charge is 0.307 e. The molecule has 0 spiro atoms. The van der Waals surface area contributed by atoms with Crippen LogP contribution >= 0.6 is 23.7 Å². The molecule has 2 bridgehead atoms. The van der Waals surface area contributed by atoms with Crippen molar-refractivity contribution in [2.45, 2.75) is 37.3 Å². The molecule has 2 saturated heterocycles. The van der Waals surface area contributed by atoms with Crippen LogP contribution in [0.15, 0.2) is 17.5 Å². The van der Waals surface area contributed by atoms with E-state index in [-0.39, 0.29) is 24.2 Å². The summed E-state index contributed by atoms with van der Waals surface area (Å²) in [6.07, 6.45) is 3.12. The maximum atomic E-state index is 11.5. The molecule has 1 aromatic rings. The highest BCUT2D eigenvalue weighted by molar-refractivity contribution is 7.10. The van der Waals surface area contributed by atoms with Crippen LogP contribution in [0.1, 0.15) is 30.1 Å². The summed E-state index contributed by atoms with van der Waals surface area (Å²) in [5.74, 6) is -0.619. The Morgan fingerprint density at radius 1 is 1.50 bits per heavy atom. The Morgan fingerprint density at radius 3 is 2.89 bits per heavy atom. The molecule has 0 radical (unpaired) electrons. The van der Waals surface area contributed by atoms with E-state index in [1.54, 1.807) is 11.3 Å². The Labute approximate surface area is 117 Å². The molecule has 100 valence electrons. The van der Waals surface area contributed by atoms with E-state index in [2.05, 4.69) is 23.4 Å². The average molecular weight is 288 g/mol. The molecule has 0 saturated carbocycles. The molecule has 0 unspecified atom stereocenters. The molecule has 3 rings (SSSR count). The normalized spacial score (nSPS) is 35.2. The van der Waals surface area contributed by atoms with Crippen molar-refractivity contribution in [1.82, 2.24) is 4.90 Å². The predicted octanol–water partition coefficient (Wildman–Crippen LogP) is 2.82. The van der Waals surface area contributed by atoms with Crippen molar-refractivity contribution in [3.8, 4) is 0 Å². The van der Waals surface area contributed by atoms with E-state index >= 15 is 0 Å². The number of aliphatic carboxylic acids is 1. The van der Waals surface area contributed by atoms with Crippen molar-refractivity contribution >= 4 is 29.7 Å². The van der Waals surface area contributed by atoms with Crippen molar-refractivity contribution in [3.05, 3.63) is 22.4 Å². The summed E-state index contributed by atoms with van der Waals surface area (Å²) >= 11 is 1.70. The van der Waals surface area contributed by atoms with Crippen LogP contribution < -0.4 is 0 Å². The topological polar surface area (TPSA) is 40.5 Å². The first kappa shape index (κ1) is 13.8. The molecule has 1 N–H and O–H groups in total. The van der Waals surface area contributed by atoms with Gasteiger partial charge >= 0.3 is 5.97 Å². The molecule has 0 aliphatic carbocycles. The Balaban J connectivity index is 0.00000120. The number of carboxylic acid groups (broad SMARTS) is 1. The monoisotopic (exact) mass is 287 g/mol. The van der Waals surface area contributed by atoms with Gasteiger partial charge in [-0.15, -0.1) is 23.7 Å². The van der Waals surface area contributed by atoms with Gasteiger partial charge in [-0.2, -0.15) is 0 Å². The quantitative estimate of drug-likeness (QED) is 0.909. The molecule has 3 heterocycles. The van der Waals surface area contributed by atoms with Gasteiger partial charge in [0.2, 0.25) is 0 Å². The van der Waals surface area contributed by atoms with Gasteiger partial charge in [0.05, 0.1) is 5.92 Å². The van der Waals surface area contributed by atoms with Gasteiger partial charge in [0.1, 0.15) is 0 Å². The summed E-state index contributed by atoms with van der Waals surface area (Å²) in [4.78, 5) is 15.1. The van der Waals surface area contributed by atoms with Gasteiger partial charge in [-0.1, -0.05) is 6.07 Å². The molecule has 0 aromatic carbocycles. The fourth-order valence-corrected chi connectivity index (χ4v) is 4.54. The van der Waals surface area contributed by atoms with E-state index in [4.69, 9.17) is 0 Å². The first-order chi connectivity index (χ1) is 8.18. The largest absolute Gasteiger partial charge is 0.481 e. The summed E-state index contributed by atoms with van der Waals surface area (Å²) < 4.78 is 0. The second kappa shape index (κ2) is 5.19. The lowest BCUT2D eigenvalue weighted by Gasteiger charge is -2.41. The summed E-state index contributed by atoms with van der Waals surface area (Å²) in [7, 11) is 2.15. The Kier molecular flexibility index (Phi) is 3.99. The average Bonchev–Trinajstić information content (AvgIpc) is 2.87. The third kappa shape index (κ3) is 2.06. The molecule has 18 heavy (non-hydrogen) atoms. The van der Waals surface area contributed by atoms with Crippen LogP contribution in [0.5, 0.6) is 0 Å². The fraction of sp³-hybridized carbons (Fsp3) is 0.615. The molecule has 0 amide bonds. The minimum Gasteiger partial charge on any atom is -0.481 e. The van der Waals surface area contributed by atoms with Crippen molar-refractivity contribution in [1.29, 1.82) is 0 Å². The molecule has 2 aliphatic rings. The van der Waals surface area contributed by atoms with Gasteiger partial charge in [0, 0.05) is 22.9 Å². The number of carbonyl (C=O) groups is 1. The standard InChI is InChI=1S/C13H17NO2S.ClH/c1-14-8-4-5-10(14)12(9(7-8)13(15)16)11-3-2-6-17-11;/h2-3,6,8-10,12H,4-5,7H2,1H3,(H,15,16);1H/t8-,9-,10+,12-;/m0./s1. The predicted molar refractivity (Wildman–Crippen MR) is 74.6 cm³/mol. The minimum absolute atomic E-state index is 0. The lowest BCUT2D eigenvalue weighted by Crippen LogP contribution is -2.47. The zero-order valence-corrected chi connectivity index (χ0v) is 11.9. The van der Waals surface area contributed by atoms with Crippen LogP contribution in [0.2, 0.25) is 0 Å². The van der Waals surface area contributed by atoms with E-state index in [0.29, 0.717) is 12.1 Å². The van der Waals surface area contributed by atoms with E-state index < -0.39 is 5.97 Å². The zero-order valence-electron chi connectivity index (χ0n) is 10.3. The van der Waals surface area contributed by atoms with Gasteiger partial charge < -0.3 is 5.11 Å². The molecular weight excluding hydrogens is 270 g/mol. The lowest BCUT2D eigenvalue weighted by atomic mass is 9.79. The number of thiophene rings is 1. The molecule has 1 aromatic heterocycles. The Bertz CT molecular complexity index is 423. The summed E-state index contributed by atoms with van der Waals surface area (Å²) in [6, 6.07) is 5.03. The van der Waals surface area contributed by atoms with Crippen molar-refractivity contribution in [2.24, 2.45) is 5.92 Å². The number of likely N-dealkylation sites (N-methyl/N-ethyl adjacent to an activating group) is 1. The summed E-state index contributed by atoms with van der Waals surface area (Å²) in [5.41, 5.74) is 0. The maximum Gasteiger partial charge on any atom is 0.307 e. The number of piperidine rings is 1. The molecule has 4 atom stereocenters. The number of rotatable bonds is 2. The number of hydrogen-bond donors (Lipinski definition) is 1. The SMILES string of the molecule is CN1[C@H]2CC[C@@H]1[C@@H](c1cccs1)[C@@H](C(=O)O)C2.Cl. The first-order valence-electron chi connectivity index (χ1n) is 6.16. The Hall–Kier alpha value is -0.580. The fourth-order valence-electron chi connectivity index (χ4n) is 3.59. The van der Waals surface area contributed by atoms with Gasteiger partial charge in [-0.25, -0.2) is 0 Å². The van der Waals surface area contributed by atoms with Crippen LogP contribution in [0.4, 0.5) is 0 Å². The van der Waals surface area contributed by atoms with Crippen LogP contribution in [0.3, 0.4) is 0 Å². The molecule has 5 heteroatoms. The zero-order chi connectivity index (χ0) is 12.0. The first-order valence-corrected chi connectivity index (χ1v) is 7.04. The van der Waals surface area contributed by atoms with Crippen molar-refractivity contribution < 1.29 is 9.90 Å². The van der Waals surface area contributed by atoms with Gasteiger partial charge in [-0.3, -0.25) is 9.69 Å². The highest BCUT2D eigenvalue weighted by atomic mass is 35.5. The molecule has 2 aliphatic heterocycles.